The Morgan fingerprint density at radius 1 is 1.26 bits per heavy atom. The number of ether oxygens (including phenoxy) is 1. The van der Waals surface area contributed by atoms with Gasteiger partial charge in [-0.25, -0.2) is 4.79 Å². The average Bonchev–Trinajstić information content (AvgIpc) is 3.07. The van der Waals surface area contributed by atoms with Crippen LogP contribution in [0, 0.1) is 10.1 Å². The van der Waals surface area contributed by atoms with E-state index in [1.807, 2.05) is 5.38 Å². The van der Waals surface area contributed by atoms with Crippen molar-refractivity contribution in [3.8, 4) is 5.75 Å². The van der Waals surface area contributed by atoms with Crippen LogP contribution in [0.3, 0.4) is 0 Å². The van der Waals surface area contributed by atoms with Gasteiger partial charge < -0.3 is 9.64 Å². The van der Waals surface area contributed by atoms with E-state index in [0.717, 1.165) is 0 Å². The second-order valence-corrected chi connectivity index (χ2v) is 5.64. The molecule has 0 fully saturated rings. The van der Waals surface area contributed by atoms with Gasteiger partial charge in [-0.1, -0.05) is 6.07 Å². The number of carbonyl (C=O) groups excluding carboxylic acids is 2. The maximum atomic E-state index is 11.9. The summed E-state index contributed by atoms with van der Waals surface area (Å²) in [6.45, 7) is 0.225. The molecule has 0 bridgehead atoms. The summed E-state index contributed by atoms with van der Waals surface area (Å²) in [5, 5.41) is 12.4. The lowest BCUT2D eigenvalue weighted by Gasteiger charge is -2.16. The summed E-state index contributed by atoms with van der Waals surface area (Å²) in [7, 11) is 1.52. The van der Waals surface area contributed by atoms with Crippen molar-refractivity contribution in [3.05, 3.63) is 56.8 Å². The van der Waals surface area contributed by atoms with Gasteiger partial charge in [0.1, 0.15) is 5.75 Å². The van der Waals surface area contributed by atoms with Gasteiger partial charge in [0.25, 0.3) is 5.69 Å². The van der Waals surface area contributed by atoms with Crippen LogP contribution in [0.2, 0.25) is 0 Å². The number of nitro groups is 1. The van der Waals surface area contributed by atoms with Crippen LogP contribution < -0.4 is 4.74 Å². The van der Waals surface area contributed by atoms with Crippen LogP contribution in [0.5, 0.6) is 5.75 Å². The maximum absolute atomic E-state index is 11.9. The zero-order chi connectivity index (χ0) is 16.8. The Kier molecular flexibility index (Phi) is 5.42. The molecule has 1 aromatic heterocycles. The summed E-state index contributed by atoms with van der Waals surface area (Å²) in [4.78, 5) is 35.7. The predicted octanol–water partition coefficient (Wildman–Crippen LogP) is 3.36. The Hall–Kier alpha value is -2.74. The summed E-state index contributed by atoms with van der Waals surface area (Å²) in [6.07, 6.45) is -0.426. The summed E-state index contributed by atoms with van der Waals surface area (Å²) in [5.41, 5.74) is -0.0836. The number of benzene rings is 1. The van der Waals surface area contributed by atoms with E-state index in [4.69, 9.17) is 4.74 Å². The van der Waals surface area contributed by atoms with Crippen LogP contribution in [-0.2, 0) is 0 Å². The lowest BCUT2D eigenvalue weighted by atomic mass is 10.2. The third-order valence-electron chi connectivity index (χ3n) is 3.03. The van der Waals surface area contributed by atoms with Gasteiger partial charge in [0.05, 0.1) is 9.80 Å². The highest BCUT2D eigenvalue weighted by Crippen LogP contribution is 2.18. The Bertz CT molecular complexity index is 697. The van der Waals surface area contributed by atoms with Gasteiger partial charge in [-0.2, -0.15) is 0 Å². The molecule has 2 rings (SSSR count). The first-order valence-electron chi connectivity index (χ1n) is 6.71. The van der Waals surface area contributed by atoms with Crippen LogP contribution >= 0.6 is 11.3 Å². The van der Waals surface area contributed by atoms with Crippen LogP contribution in [0.25, 0.3) is 0 Å². The van der Waals surface area contributed by atoms with Crippen LogP contribution in [-0.4, -0.2) is 35.3 Å². The number of Topliss-reactive ketones (excluding diaryl/α,β-unsaturated/α-hetero) is 1. The zero-order valence-electron chi connectivity index (χ0n) is 12.3. The van der Waals surface area contributed by atoms with Gasteiger partial charge in [-0.05, 0) is 23.6 Å². The summed E-state index contributed by atoms with van der Waals surface area (Å²) in [5.74, 6) is 0.173. The number of thiophene rings is 1. The molecule has 0 aliphatic heterocycles. The number of hydrogen-bond donors (Lipinski definition) is 0. The molecule has 8 heteroatoms. The molecule has 1 heterocycles. The largest absolute Gasteiger partial charge is 0.414 e. The lowest BCUT2D eigenvalue weighted by molar-refractivity contribution is -0.384. The van der Waals surface area contributed by atoms with E-state index in [0.29, 0.717) is 4.88 Å². The standard InChI is InChI=1S/C15H14N2O5S/c1-16(9-8-13(18)14-3-2-10-23-14)15(19)22-12-6-4-11(5-7-12)17(20)21/h2-7,10H,8-9H2,1H3. The zero-order valence-corrected chi connectivity index (χ0v) is 13.1. The van der Waals surface area contributed by atoms with Crippen molar-refractivity contribution in [1.82, 2.24) is 4.90 Å². The molecule has 23 heavy (non-hydrogen) atoms. The van der Waals surface area contributed by atoms with Gasteiger partial charge in [0.2, 0.25) is 0 Å². The first kappa shape index (κ1) is 16.6. The van der Waals surface area contributed by atoms with Gasteiger partial charge in [0.15, 0.2) is 5.78 Å². The van der Waals surface area contributed by atoms with E-state index in [2.05, 4.69) is 0 Å². The number of hydrogen-bond acceptors (Lipinski definition) is 6. The number of non-ortho nitro benzene ring substituents is 1. The lowest BCUT2D eigenvalue weighted by Crippen LogP contribution is -2.31. The predicted molar refractivity (Wildman–Crippen MR) is 85.0 cm³/mol. The smallest absolute Gasteiger partial charge is 0.410 e. The highest BCUT2D eigenvalue weighted by atomic mass is 32.1. The molecule has 1 aromatic carbocycles. The molecular weight excluding hydrogens is 320 g/mol. The van der Waals surface area contributed by atoms with Crippen molar-refractivity contribution in [2.24, 2.45) is 0 Å². The monoisotopic (exact) mass is 334 g/mol. The third-order valence-corrected chi connectivity index (χ3v) is 3.95. The van der Waals surface area contributed by atoms with Crippen LogP contribution in [0.1, 0.15) is 16.1 Å². The molecule has 0 aliphatic rings. The second kappa shape index (κ2) is 7.50. The number of rotatable bonds is 6. The van der Waals surface area contributed by atoms with E-state index in [-0.39, 0.29) is 30.2 Å². The van der Waals surface area contributed by atoms with E-state index in [1.165, 1.54) is 47.5 Å². The summed E-state index contributed by atoms with van der Waals surface area (Å²) >= 11 is 1.36. The van der Waals surface area contributed by atoms with E-state index in [1.54, 1.807) is 12.1 Å². The molecule has 0 saturated heterocycles. The Balaban J connectivity index is 1.85. The minimum Gasteiger partial charge on any atom is -0.410 e. The Morgan fingerprint density at radius 2 is 1.96 bits per heavy atom. The topological polar surface area (TPSA) is 89.8 Å². The minimum absolute atomic E-state index is 0.0324. The second-order valence-electron chi connectivity index (χ2n) is 4.69. The number of nitrogens with zero attached hydrogens (tertiary/aromatic N) is 2. The SMILES string of the molecule is CN(CCC(=O)c1cccs1)C(=O)Oc1ccc([N+](=O)[O-])cc1. The van der Waals surface area contributed by atoms with Crippen molar-refractivity contribution >= 4 is 28.9 Å². The molecular formula is C15H14N2O5S. The molecule has 0 aliphatic carbocycles. The maximum Gasteiger partial charge on any atom is 0.414 e. The van der Waals surface area contributed by atoms with Crippen LogP contribution in [0.4, 0.5) is 10.5 Å². The molecule has 2 aromatic rings. The van der Waals surface area contributed by atoms with Crippen LogP contribution in [0.15, 0.2) is 41.8 Å². The van der Waals surface area contributed by atoms with Gasteiger partial charge in [-0.3, -0.25) is 14.9 Å². The van der Waals surface area contributed by atoms with E-state index in [9.17, 15) is 19.7 Å². The molecule has 0 saturated carbocycles. The van der Waals surface area contributed by atoms with E-state index >= 15 is 0 Å². The normalized spacial score (nSPS) is 10.1. The fourth-order valence-electron chi connectivity index (χ4n) is 1.74. The molecule has 7 nitrogen and oxygen atoms in total. The highest BCUT2D eigenvalue weighted by molar-refractivity contribution is 7.12. The third kappa shape index (κ3) is 4.62. The molecule has 0 unspecified atom stereocenters. The van der Waals surface area contributed by atoms with E-state index < -0.39 is 11.0 Å². The van der Waals surface area contributed by atoms with Crippen molar-refractivity contribution in [3.63, 3.8) is 0 Å². The van der Waals surface area contributed by atoms with Crippen molar-refractivity contribution < 1.29 is 19.2 Å². The fraction of sp³-hybridized carbons (Fsp3) is 0.200. The van der Waals surface area contributed by atoms with Crippen molar-refractivity contribution in [2.75, 3.05) is 13.6 Å². The van der Waals surface area contributed by atoms with Crippen molar-refractivity contribution in [2.45, 2.75) is 6.42 Å². The van der Waals surface area contributed by atoms with Crippen molar-refractivity contribution in [1.29, 1.82) is 0 Å². The fourth-order valence-corrected chi connectivity index (χ4v) is 2.43. The number of carbonyl (C=O) groups is 2. The van der Waals surface area contributed by atoms with Gasteiger partial charge in [0, 0.05) is 32.1 Å². The molecule has 0 spiro atoms. The first-order chi connectivity index (χ1) is 11.0. The summed E-state index contributed by atoms with van der Waals surface area (Å²) < 4.78 is 5.09. The minimum atomic E-state index is -0.627. The number of ketones is 1. The Morgan fingerprint density at radius 3 is 2.52 bits per heavy atom. The van der Waals surface area contributed by atoms with Gasteiger partial charge >= 0.3 is 6.09 Å². The quantitative estimate of drug-likeness (QED) is 0.459. The summed E-state index contributed by atoms with van der Waals surface area (Å²) in [6, 6.07) is 8.74. The molecule has 1 amide bonds. The molecule has 0 radical (unpaired) electrons. The highest BCUT2D eigenvalue weighted by Gasteiger charge is 2.15. The number of amides is 1. The first-order valence-corrected chi connectivity index (χ1v) is 7.59. The molecule has 0 N–H and O–H groups in total. The molecule has 0 atom stereocenters. The average molecular weight is 334 g/mol. The number of nitro benzene ring substituents is 1. The molecule has 120 valence electrons. The van der Waals surface area contributed by atoms with Gasteiger partial charge in [-0.15, -0.1) is 11.3 Å². The Labute approximate surface area is 136 Å².